The highest BCUT2D eigenvalue weighted by molar-refractivity contribution is 7.89. The second-order valence-corrected chi connectivity index (χ2v) is 7.53. The molecule has 1 saturated heterocycles. The van der Waals surface area contributed by atoms with Crippen LogP contribution < -0.4 is 0 Å². The molecule has 110 valence electrons. The first-order chi connectivity index (χ1) is 9.29. The SMILES string of the molecule is O=C(O)CC1CCN(S(=O)(=O)c2cc(Cl)cc(Cl)c2)C1. The Labute approximate surface area is 127 Å². The van der Waals surface area contributed by atoms with Crippen LogP contribution in [0.2, 0.25) is 10.0 Å². The fourth-order valence-electron chi connectivity index (χ4n) is 2.26. The third-order valence-corrected chi connectivity index (χ3v) is 5.47. The van der Waals surface area contributed by atoms with Crippen LogP contribution in [-0.4, -0.2) is 36.9 Å². The van der Waals surface area contributed by atoms with Crippen LogP contribution in [0.3, 0.4) is 0 Å². The van der Waals surface area contributed by atoms with Crippen molar-refractivity contribution in [1.29, 1.82) is 0 Å². The molecule has 0 saturated carbocycles. The Bertz CT molecular complexity index is 612. The maximum atomic E-state index is 12.4. The van der Waals surface area contributed by atoms with Gasteiger partial charge in [-0.1, -0.05) is 23.2 Å². The molecule has 0 aromatic heterocycles. The van der Waals surface area contributed by atoms with E-state index in [4.69, 9.17) is 28.3 Å². The maximum absolute atomic E-state index is 12.4. The van der Waals surface area contributed by atoms with Gasteiger partial charge >= 0.3 is 5.97 Å². The summed E-state index contributed by atoms with van der Waals surface area (Å²) in [5.74, 6) is -1.07. The smallest absolute Gasteiger partial charge is 0.303 e. The van der Waals surface area contributed by atoms with E-state index in [1.54, 1.807) is 0 Å². The predicted molar refractivity (Wildman–Crippen MR) is 75.6 cm³/mol. The van der Waals surface area contributed by atoms with Crippen molar-refractivity contribution in [1.82, 2.24) is 4.31 Å². The fourth-order valence-corrected chi connectivity index (χ4v) is 4.51. The molecule has 0 radical (unpaired) electrons. The first-order valence-electron chi connectivity index (χ1n) is 5.97. The van der Waals surface area contributed by atoms with Gasteiger partial charge in [0.15, 0.2) is 0 Å². The molecule has 8 heteroatoms. The van der Waals surface area contributed by atoms with Crippen LogP contribution in [0.4, 0.5) is 0 Å². The molecule has 1 aromatic carbocycles. The summed E-state index contributed by atoms with van der Waals surface area (Å²) < 4.78 is 26.1. The van der Waals surface area contributed by atoms with Crippen LogP contribution in [0.15, 0.2) is 23.1 Å². The second kappa shape index (κ2) is 5.89. The third kappa shape index (κ3) is 3.44. The van der Waals surface area contributed by atoms with Crippen LogP contribution in [0.25, 0.3) is 0 Å². The molecule has 1 aliphatic rings. The third-order valence-electron chi connectivity index (χ3n) is 3.19. The minimum absolute atomic E-state index is 0.0255. The number of rotatable bonds is 4. The van der Waals surface area contributed by atoms with Crippen molar-refractivity contribution in [3.63, 3.8) is 0 Å². The number of benzene rings is 1. The number of sulfonamides is 1. The van der Waals surface area contributed by atoms with Gasteiger partial charge in [-0.2, -0.15) is 4.31 Å². The summed E-state index contributed by atoms with van der Waals surface area (Å²) in [6, 6.07) is 4.14. The van der Waals surface area contributed by atoms with Gasteiger partial charge in [0.25, 0.3) is 0 Å². The maximum Gasteiger partial charge on any atom is 0.303 e. The van der Waals surface area contributed by atoms with Gasteiger partial charge in [-0.15, -0.1) is 0 Å². The number of aliphatic carboxylic acids is 1. The number of carboxylic acid groups (broad SMARTS) is 1. The van der Waals surface area contributed by atoms with Crippen LogP contribution >= 0.6 is 23.2 Å². The molecule has 0 amide bonds. The normalized spacial score (nSPS) is 20.2. The molecule has 20 heavy (non-hydrogen) atoms. The lowest BCUT2D eigenvalue weighted by atomic mass is 10.1. The van der Waals surface area contributed by atoms with Gasteiger partial charge in [0.05, 0.1) is 4.90 Å². The van der Waals surface area contributed by atoms with Gasteiger partial charge in [0, 0.05) is 29.6 Å². The van der Waals surface area contributed by atoms with E-state index < -0.39 is 16.0 Å². The number of hydrogen-bond acceptors (Lipinski definition) is 3. The first-order valence-corrected chi connectivity index (χ1v) is 8.16. The van der Waals surface area contributed by atoms with E-state index in [0.29, 0.717) is 13.0 Å². The van der Waals surface area contributed by atoms with E-state index in [-0.39, 0.29) is 33.8 Å². The van der Waals surface area contributed by atoms with E-state index in [1.165, 1.54) is 22.5 Å². The summed E-state index contributed by atoms with van der Waals surface area (Å²) in [5.41, 5.74) is 0. The van der Waals surface area contributed by atoms with Crippen molar-refractivity contribution < 1.29 is 18.3 Å². The van der Waals surface area contributed by atoms with E-state index in [9.17, 15) is 13.2 Å². The molecule has 2 rings (SSSR count). The van der Waals surface area contributed by atoms with Crippen LogP contribution in [0.1, 0.15) is 12.8 Å². The predicted octanol–water partition coefficient (Wildman–Crippen LogP) is 2.48. The molecule has 0 aliphatic carbocycles. The second-order valence-electron chi connectivity index (χ2n) is 4.72. The summed E-state index contributed by atoms with van der Waals surface area (Å²) >= 11 is 11.6. The van der Waals surface area contributed by atoms with Crippen molar-refractivity contribution >= 4 is 39.2 Å². The Morgan fingerprint density at radius 2 is 1.90 bits per heavy atom. The number of halogens is 2. The van der Waals surface area contributed by atoms with E-state index in [2.05, 4.69) is 0 Å². The zero-order valence-corrected chi connectivity index (χ0v) is 12.7. The number of hydrogen-bond donors (Lipinski definition) is 1. The lowest BCUT2D eigenvalue weighted by molar-refractivity contribution is -0.137. The van der Waals surface area contributed by atoms with Crippen molar-refractivity contribution in [2.24, 2.45) is 5.92 Å². The molecule has 5 nitrogen and oxygen atoms in total. The molecule has 1 fully saturated rings. The summed E-state index contributed by atoms with van der Waals surface area (Å²) in [6.45, 7) is 0.517. The quantitative estimate of drug-likeness (QED) is 0.915. The minimum Gasteiger partial charge on any atom is -0.481 e. The fraction of sp³-hybridized carbons (Fsp3) is 0.417. The standard InChI is InChI=1S/C12H13Cl2NO4S/c13-9-4-10(14)6-11(5-9)20(18,19)15-2-1-8(7-15)3-12(16)17/h4-6,8H,1-3,7H2,(H,16,17). The summed E-state index contributed by atoms with van der Waals surface area (Å²) in [7, 11) is -3.68. The van der Waals surface area contributed by atoms with Gasteiger partial charge in [-0.3, -0.25) is 4.79 Å². The lowest BCUT2D eigenvalue weighted by Gasteiger charge is -2.16. The highest BCUT2D eigenvalue weighted by Crippen LogP contribution is 2.29. The van der Waals surface area contributed by atoms with E-state index in [0.717, 1.165) is 0 Å². The average molecular weight is 338 g/mol. The van der Waals surface area contributed by atoms with Crippen molar-refractivity contribution in [2.75, 3.05) is 13.1 Å². The molecule has 0 bridgehead atoms. The van der Waals surface area contributed by atoms with Crippen molar-refractivity contribution in [3.05, 3.63) is 28.2 Å². The van der Waals surface area contributed by atoms with Gasteiger partial charge in [-0.05, 0) is 30.5 Å². The topological polar surface area (TPSA) is 74.7 Å². The van der Waals surface area contributed by atoms with Gasteiger partial charge in [-0.25, -0.2) is 8.42 Å². The van der Waals surface area contributed by atoms with E-state index in [1.807, 2.05) is 0 Å². The zero-order chi connectivity index (χ0) is 14.9. The molecule has 1 aromatic rings. The summed E-state index contributed by atoms with van der Waals surface area (Å²) in [5, 5.41) is 9.25. The first kappa shape index (κ1) is 15.6. The van der Waals surface area contributed by atoms with Gasteiger partial charge in [0.1, 0.15) is 0 Å². The van der Waals surface area contributed by atoms with E-state index >= 15 is 0 Å². The summed E-state index contributed by atoms with van der Waals surface area (Å²) in [6.07, 6.45) is 0.516. The van der Waals surface area contributed by atoms with Crippen molar-refractivity contribution in [3.8, 4) is 0 Å². The molecule has 1 aliphatic heterocycles. The highest BCUT2D eigenvalue weighted by atomic mass is 35.5. The van der Waals surface area contributed by atoms with Gasteiger partial charge < -0.3 is 5.11 Å². The minimum atomic E-state index is -3.68. The Hall–Kier alpha value is -0.820. The van der Waals surface area contributed by atoms with Crippen LogP contribution in [0.5, 0.6) is 0 Å². The largest absolute Gasteiger partial charge is 0.481 e. The Balaban J connectivity index is 2.21. The number of carboxylic acids is 1. The number of carbonyl (C=O) groups is 1. The van der Waals surface area contributed by atoms with Crippen LogP contribution in [0, 0.1) is 5.92 Å². The monoisotopic (exact) mass is 337 g/mol. The Kier molecular flexibility index (Phi) is 4.59. The van der Waals surface area contributed by atoms with Gasteiger partial charge in [0.2, 0.25) is 10.0 Å². The molecule has 1 unspecified atom stereocenters. The number of nitrogens with zero attached hydrogens (tertiary/aromatic N) is 1. The van der Waals surface area contributed by atoms with Crippen LogP contribution in [-0.2, 0) is 14.8 Å². The average Bonchev–Trinajstić information content (AvgIpc) is 2.75. The molecule has 1 heterocycles. The highest BCUT2D eigenvalue weighted by Gasteiger charge is 2.33. The molecular weight excluding hydrogens is 325 g/mol. The Morgan fingerprint density at radius 3 is 2.45 bits per heavy atom. The lowest BCUT2D eigenvalue weighted by Crippen LogP contribution is -2.29. The summed E-state index contributed by atoms with van der Waals surface area (Å²) in [4.78, 5) is 10.7. The zero-order valence-electron chi connectivity index (χ0n) is 10.4. The molecule has 1 N–H and O–H groups in total. The molecule has 0 spiro atoms. The molecule has 1 atom stereocenters. The van der Waals surface area contributed by atoms with Crippen molar-refractivity contribution in [2.45, 2.75) is 17.7 Å². The Morgan fingerprint density at radius 1 is 1.30 bits per heavy atom. The molecular formula is C12H13Cl2NO4S.